The second-order valence-electron chi connectivity index (χ2n) is 6.87. The molecule has 1 unspecified atom stereocenters. The van der Waals surface area contributed by atoms with Gasteiger partial charge < -0.3 is 10.1 Å². The van der Waals surface area contributed by atoms with Crippen molar-refractivity contribution < 1.29 is 17.9 Å². The van der Waals surface area contributed by atoms with Gasteiger partial charge in [-0.15, -0.1) is 0 Å². The number of aryl methyl sites for hydroxylation is 2. The lowest BCUT2D eigenvalue weighted by Crippen LogP contribution is -2.29. The number of carbonyl (C=O) groups excluding carboxylic acids is 1. The van der Waals surface area contributed by atoms with Gasteiger partial charge in [-0.2, -0.15) is 0 Å². The zero-order valence-electron chi connectivity index (χ0n) is 15.5. The van der Waals surface area contributed by atoms with Crippen molar-refractivity contribution in [2.24, 2.45) is 5.92 Å². The minimum Gasteiger partial charge on any atom is -0.381 e. The number of anilines is 1. The average molecular weight is 388 g/mol. The molecule has 27 heavy (non-hydrogen) atoms. The van der Waals surface area contributed by atoms with Crippen LogP contribution >= 0.6 is 0 Å². The maximum Gasteiger partial charge on any atom is 0.261 e. The molecule has 1 aliphatic rings. The number of carbonyl (C=O) groups is 1. The molecule has 2 N–H and O–H groups in total. The third-order valence-electron chi connectivity index (χ3n) is 4.76. The molecule has 0 aromatic heterocycles. The number of hydrogen-bond donors (Lipinski definition) is 2. The van der Waals surface area contributed by atoms with Crippen molar-refractivity contribution >= 4 is 21.6 Å². The van der Waals surface area contributed by atoms with E-state index in [0.717, 1.165) is 24.2 Å². The monoisotopic (exact) mass is 388 g/mol. The maximum atomic E-state index is 12.5. The van der Waals surface area contributed by atoms with E-state index in [9.17, 15) is 13.2 Å². The van der Waals surface area contributed by atoms with E-state index < -0.39 is 10.0 Å². The van der Waals surface area contributed by atoms with Crippen LogP contribution in [0.4, 0.5) is 5.69 Å². The highest BCUT2D eigenvalue weighted by Crippen LogP contribution is 2.19. The first-order chi connectivity index (χ1) is 12.8. The van der Waals surface area contributed by atoms with E-state index in [0.29, 0.717) is 30.3 Å². The highest BCUT2D eigenvalue weighted by Gasteiger charge is 2.18. The Balaban J connectivity index is 1.64. The summed E-state index contributed by atoms with van der Waals surface area (Å²) in [6, 6.07) is 11.4. The molecule has 1 aliphatic heterocycles. The third kappa shape index (κ3) is 4.87. The Labute approximate surface area is 160 Å². The molecule has 2 aromatic rings. The molecule has 0 bridgehead atoms. The Morgan fingerprint density at radius 3 is 2.48 bits per heavy atom. The number of rotatable bonds is 6. The Hall–Kier alpha value is -2.38. The van der Waals surface area contributed by atoms with Crippen LogP contribution in [0.3, 0.4) is 0 Å². The average Bonchev–Trinajstić information content (AvgIpc) is 3.16. The van der Waals surface area contributed by atoms with Crippen molar-refractivity contribution in [2.75, 3.05) is 24.5 Å². The highest BCUT2D eigenvalue weighted by molar-refractivity contribution is 7.92. The minimum atomic E-state index is -3.67. The molecule has 1 atom stereocenters. The Morgan fingerprint density at radius 1 is 1.11 bits per heavy atom. The Morgan fingerprint density at radius 2 is 1.85 bits per heavy atom. The summed E-state index contributed by atoms with van der Waals surface area (Å²) in [4.78, 5) is 12.4. The molecule has 0 saturated carbocycles. The predicted molar refractivity (Wildman–Crippen MR) is 104 cm³/mol. The molecule has 144 valence electrons. The Bertz CT molecular complexity index is 917. The van der Waals surface area contributed by atoms with Crippen LogP contribution in [0.15, 0.2) is 47.4 Å². The van der Waals surface area contributed by atoms with Crippen molar-refractivity contribution in [1.82, 2.24) is 5.32 Å². The normalized spacial score (nSPS) is 16.9. The molecule has 2 aromatic carbocycles. The van der Waals surface area contributed by atoms with Gasteiger partial charge in [-0.05, 0) is 67.8 Å². The molecule has 1 amide bonds. The van der Waals surface area contributed by atoms with Crippen LogP contribution in [0.1, 0.15) is 27.9 Å². The van der Waals surface area contributed by atoms with Crippen molar-refractivity contribution in [1.29, 1.82) is 0 Å². The fourth-order valence-electron chi connectivity index (χ4n) is 2.87. The lowest BCUT2D eigenvalue weighted by Gasteiger charge is -2.11. The van der Waals surface area contributed by atoms with Crippen molar-refractivity contribution in [3.8, 4) is 0 Å². The number of hydrogen-bond acceptors (Lipinski definition) is 4. The zero-order chi connectivity index (χ0) is 19.4. The van der Waals surface area contributed by atoms with Crippen LogP contribution in [0.25, 0.3) is 0 Å². The van der Waals surface area contributed by atoms with Crippen LogP contribution in [0.2, 0.25) is 0 Å². The second-order valence-corrected chi connectivity index (χ2v) is 8.55. The quantitative estimate of drug-likeness (QED) is 0.797. The van der Waals surface area contributed by atoms with Crippen LogP contribution in [0.5, 0.6) is 0 Å². The van der Waals surface area contributed by atoms with Gasteiger partial charge in [0.05, 0.1) is 11.5 Å². The molecular formula is C20H24N2O4S. The van der Waals surface area contributed by atoms with Gasteiger partial charge >= 0.3 is 0 Å². The summed E-state index contributed by atoms with van der Waals surface area (Å²) in [6.45, 7) is 5.82. The number of sulfonamides is 1. The van der Waals surface area contributed by atoms with Crippen molar-refractivity contribution in [3.05, 3.63) is 59.2 Å². The molecule has 6 nitrogen and oxygen atoms in total. The van der Waals surface area contributed by atoms with Gasteiger partial charge in [0.25, 0.3) is 15.9 Å². The summed E-state index contributed by atoms with van der Waals surface area (Å²) < 4.78 is 32.9. The summed E-state index contributed by atoms with van der Waals surface area (Å²) in [5, 5.41) is 2.89. The first-order valence-electron chi connectivity index (χ1n) is 8.91. The summed E-state index contributed by atoms with van der Waals surface area (Å²) >= 11 is 0. The standard InChI is InChI=1S/C20H24N2O4S/c1-14-3-8-19(11-15(14)2)27(24,25)22-18-6-4-17(5-7-18)20(23)21-12-16-9-10-26-13-16/h3-8,11,16,22H,9-10,12-13H2,1-2H3,(H,21,23). The van der Waals surface area contributed by atoms with Gasteiger partial charge in [-0.25, -0.2) is 8.42 Å². The van der Waals surface area contributed by atoms with Gasteiger partial charge in [0.15, 0.2) is 0 Å². The maximum absolute atomic E-state index is 12.5. The number of nitrogens with one attached hydrogen (secondary N) is 2. The molecule has 0 aliphatic carbocycles. The summed E-state index contributed by atoms with van der Waals surface area (Å²) in [6.07, 6.45) is 0.958. The zero-order valence-corrected chi connectivity index (χ0v) is 16.3. The molecule has 0 spiro atoms. The molecular weight excluding hydrogens is 364 g/mol. The van der Waals surface area contributed by atoms with Crippen LogP contribution in [0, 0.1) is 19.8 Å². The molecule has 1 saturated heterocycles. The first-order valence-corrected chi connectivity index (χ1v) is 10.4. The third-order valence-corrected chi connectivity index (χ3v) is 6.14. The van der Waals surface area contributed by atoms with Gasteiger partial charge in [-0.3, -0.25) is 9.52 Å². The van der Waals surface area contributed by atoms with Crippen LogP contribution in [-0.4, -0.2) is 34.1 Å². The number of benzene rings is 2. The molecule has 1 fully saturated rings. The van der Waals surface area contributed by atoms with E-state index in [2.05, 4.69) is 10.0 Å². The van der Waals surface area contributed by atoms with E-state index in [1.807, 2.05) is 13.8 Å². The van der Waals surface area contributed by atoms with Gasteiger partial charge in [0, 0.05) is 30.3 Å². The van der Waals surface area contributed by atoms with E-state index in [-0.39, 0.29) is 10.8 Å². The lowest BCUT2D eigenvalue weighted by molar-refractivity contribution is 0.0945. The molecule has 7 heteroatoms. The fraction of sp³-hybridized carbons (Fsp3) is 0.350. The SMILES string of the molecule is Cc1ccc(S(=O)(=O)Nc2ccc(C(=O)NCC3CCOC3)cc2)cc1C. The van der Waals surface area contributed by atoms with Crippen LogP contribution in [-0.2, 0) is 14.8 Å². The largest absolute Gasteiger partial charge is 0.381 e. The van der Waals surface area contributed by atoms with Crippen molar-refractivity contribution in [3.63, 3.8) is 0 Å². The van der Waals surface area contributed by atoms with Gasteiger partial charge in [0.2, 0.25) is 0 Å². The fourth-order valence-corrected chi connectivity index (χ4v) is 4.01. The summed E-state index contributed by atoms with van der Waals surface area (Å²) in [5.74, 6) is 0.184. The van der Waals surface area contributed by atoms with E-state index in [1.54, 1.807) is 42.5 Å². The Kier molecular flexibility index (Phi) is 5.82. The van der Waals surface area contributed by atoms with Gasteiger partial charge in [0.1, 0.15) is 0 Å². The molecule has 1 heterocycles. The smallest absolute Gasteiger partial charge is 0.261 e. The molecule has 0 radical (unpaired) electrons. The van der Waals surface area contributed by atoms with Crippen LogP contribution < -0.4 is 10.0 Å². The second kappa shape index (κ2) is 8.10. The van der Waals surface area contributed by atoms with E-state index >= 15 is 0 Å². The summed E-state index contributed by atoms with van der Waals surface area (Å²) in [5.41, 5.74) is 2.85. The van der Waals surface area contributed by atoms with Crippen molar-refractivity contribution in [2.45, 2.75) is 25.2 Å². The molecule has 3 rings (SSSR count). The van der Waals surface area contributed by atoms with E-state index in [1.165, 1.54) is 0 Å². The predicted octanol–water partition coefficient (Wildman–Crippen LogP) is 2.87. The first kappa shape index (κ1) is 19.4. The van der Waals surface area contributed by atoms with Gasteiger partial charge in [-0.1, -0.05) is 6.07 Å². The minimum absolute atomic E-state index is 0.175. The van der Waals surface area contributed by atoms with E-state index in [4.69, 9.17) is 4.74 Å². The highest BCUT2D eigenvalue weighted by atomic mass is 32.2. The number of ether oxygens (including phenoxy) is 1. The number of amides is 1. The summed E-state index contributed by atoms with van der Waals surface area (Å²) in [7, 11) is -3.67. The topological polar surface area (TPSA) is 84.5 Å². The lowest BCUT2D eigenvalue weighted by atomic mass is 10.1.